The van der Waals surface area contributed by atoms with Gasteiger partial charge in [0.15, 0.2) is 0 Å². The molecule has 0 atom stereocenters. The van der Waals surface area contributed by atoms with E-state index in [0.717, 1.165) is 25.7 Å². The molecule has 1 fully saturated rings. The highest BCUT2D eigenvalue weighted by Crippen LogP contribution is 2.19. The first kappa shape index (κ1) is 15.8. The van der Waals surface area contributed by atoms with Crippen molar-refractivity contribution in [2.24, 2.45) is 0 Å². The summed E-state index contributed by atoms with van der Waals surface area (Å²) in [5.41, 5.74) is 0.384. The van der Waals surface area contributed by atoms with Crippen molar-refractivity contribution in [3.05, 3.63) is 29.0 Å². The highest BCUT2D eigenvalue weighted by Gasteiger charge is 2.18. The molecule has 6 heteroatoms. The van der Waals surface area contributed by atoms with E-state index in [1.54, 1.807) is 4.90 Å². The van der Waals surface area contributed by atoms with Crippen molar-refractivity contribution in [3.63, 3.8) is 0 Å². The molecule has 4 nitrogen and oxygen atoms in total. The van der Waals surface area contributed by atoms with Crippen molar-refractivity contribution >= 4 is 29.1 Å². The zero-order valence-corrected chi connectivity index (χ0v) is 12.5. The monoisotopic (exact) mass is 312 g/mol. The van der Waals surface area contributed by atoms with Crippen LogP contribution in [0, 0.1) is 5.82 Å². The number of carbonyl (C=O) groups is 2. The van der Waals surface area contributed by atoms with Gasteiger partial charge in [0.25, 0.3) is 0 Å². The Bertz CT molecular complexity index is 528. The highest BCUT2D eigenvalue weighted by molar-refractivity contribution is 6.31. The Balaban J connectivity index is 1.88. The lowest BCUT2D eigenvalue weighted by Crippen LogP contribution is -2.34. The van der Waals surface area contributed by atoms with Crippen molar-refractivity contribution in [1.82, 2.24) is 4.90 Å². The van der Waals surface area contributed by atoms with Crippen LogP contribution in [0.25, 0.3) is 0 Å². The van der Waals surface area contributed by atoms with Gasteiger partial charge < -0.3 is 10.2 Å². The number of benzene rings is 1. The van der Waals surface area contributed by atoms with E-state index in [4.69, 9.17) is 11.6 Å². The quantitative estimate of drug-likeness (QED) is 0.871. The summed E-state index contributed by atoms with van der Waals surface area (Å²) in [5.74, 6) is -1.12. The molecule has 1 aliphatic heterocycles. The van der Waals surface area contributed by atoms with Crippen molar-refractivity contribution < 1.29 is 14.0 Å². The molecule has 0 unspecified atom stereocenters. The smallest absolute Gasteiger partial charge is 0.233 e. The minimum atomic E-state index is -0.546. The molecule has 114 valence electrons. The molecule has 0 spiro atoms. The second kappa shape index (κ2) is 7.41. The number of likely N-dealkylation sites (tertiary alicyclic amines) is 1. The number of anilines is 1. The fraction of sp³-hybridized carbons (Fsp3) is 0.467. The molecule has 1 heterocycles. The molecule has 0 saturated carbocycles. The summed E-state index contributed by atoms with van der Waals surface area (Å²) in [7, 11) is 0. The molecule has 1 aromatic rings. The number of carbonyl (C=O) groups excluding carboxylic acids is 2. The Morgan fingerprint density at radius 2 is 1.86 bits per heavy atom. The average molecular weight is 313 g/mol. The van der Waals surface area contributed by atoms with Gasteiger partial charge in [0, 0.05) is 18.8 Å². The van der Waals surface area contributed by atoms with E-state index in [0.29, 0.717) is 18.8 Å². The zero-order valence-electron chi connectivity index (χ0n) is 11.7. The predicted octanol–water partition coefficient (Wildman–Crippen LogP) is 3.21. The average Bonchev–Trinajstić information content (AvgIpc) is 2.72. The van der Waals surface area contributed by atoms with E-state index in [2.05, 4.69) is 5.32 Å². The fourth-order valence-electron chi connectivity index (χ4n) is 2.35. The number of amides is 2. The van der Waals surface area contributed by atoms with Crippen LogP contribution in [0.4, 0.5) is 10.1 Å². The van der Waals surface area contributed by atoms with E-state index >= 15 is 0 Å². The summed E-state index contributed by atoms with van der Waals surface area (Å²) in [6.07, 6.45) is 4.03. The molecule has 0 aliphatic carbocycles. The zero-order chi connectivity index (χ0) is 15.2. The fourth-order valence-corrected chi connectivity index (χ4v) is 2.53. The minimum Gasteiger partial charge on any atom is -0.342 e. The van der Waals surface area contributed by atoms with Gasteiger partial charge in [0.05, 0.1) is 5.02 Å². The lowest BCUT2D eigenvalue weighted by atomic mass is 10.2. The Labute approximate surface area is 128 Å². The molecule has 1 N–H and O–H groups in total. The Hall–Kier alpha value is -1.62. The van der Waals surface area contributed by atoms with E-state index in [1.807, 2.05) is 0 Å². The van der Waals surface area contributed by atoms with Crippen LogP contribution in [0.2, 0.25) is 5.02 Å². The lowest BCUT2D eigenvalue weighted by Gasteiger charge is -2.19. The van der Waals surface area contributed by atoms with Crippen LogP contribution in [-0.4, -0.2) is 29.8 Å². The van der Waals surface area contributed by atoms with Crippen LogP contribution in [0.5, 0.6) is 0 Å². The third kappa shape index (κ3) is 4.70. The molecular formula is C15H18ClFN2O2. The molecule has 1 saturated heterocycles. The van der Waals surface area contributed by atoms with Gasteiger partial charge in [0.1, 0.15) is 12.2 Å². The van der Waals surface area contributed by atoms with Gasteiger partial charge in [-0.1, -0.05) is 24.4 Å². The molecular weight excluding hydrogens is 295 g/mol. The first-order valence-electron chi connectivity index (χ1n) is 7.09. The molecule has 0 aromatic heterocycles. The summed E-state index contributed by atoms with van der Waals surface area (Å²) in [6, 6.07) is 3.91. The highest BCUT2D eigenvalue weighted by atomic mass is 35.5. The van der Waals surface area contributed by atoms with Gasteiger partial charge in [-0.05, 0) is 31.0 Å². The summed E-state index contributed by atoms with van der Waals surface area (Å²) in [4.78, 5) is 25.6. The molecule has 2 amide bonds. The molecule has 1 aromatic carbocycles. The Morgan fingerprint density at radius 1 is 1.19 bits per heavy atom. The van der Waals surface area contributed by atoms with Crippen LogP contribution >= 0.6 is 11.6 Å². The summed E-state index contributed by atoms with van der Waals surface area (Å²) >= 11 is 5.64. The third-order valence-electron chi connectivity index (χ3n) is 3.47. The van der Waals surface area contributed by atoms with Gasteiger partial charge in [-0.15, -0.1) is 0 Å². The lowest BCUT2D eigenvalue weighted by molar-refractivity contribution is -0.134. The van der Waals surface area contributed by atoms with Crippen molar-refractivity contribution in [3.8, 4) is 0 Å². The predicted molar refractivity (Wildman–Crippen MR) is 79.7 cm³/mol. The topological polar surface area (TPSA) is 49.4 Å². The van der Waals surface area contributed by atoms with E-state index in [-0.39, 0.29) is 17.4 Å². The van der Waals surface area contributed by atoms with Crippen LogP contribution in [0.1, 0.15) is 32.1 Å². The summed E-state index contributed by atoms with van der Waals surface area (Å²) < 4.78 is 13.0. The molecule has 0 bridgehead atoms. The second-order valence-electron chi connectivity index (χ2n) is 5.15. The van der Waals surface area contributed by atoms with Gasteiger partial charge in [-0.2, -0.15) is 0 Å². The normalized spacial score (nSPS) is 15.4. The molecule has 2 rings (SSSR count). The van der Waals surface area contributed by atoms with Crippen molar-refractivity contribution in [1.29, 1.82) is 0 Å². The maximum atomic E-state index is 13.0. The second-order valence-corrected chi connectivity index (χ2v) is 5.56. The minimum absolute atomic E-state index is 0.0633. The number of hydrogen-bond donors (Lipinski definition) is 1. The number of halogens is 2. The maximum Gasteiger partial charge on any atom is 0.233 e. The van der Waals surface area contributed by atoms with Crippen LogP contribution in [0.15, 0.2) is 18.2 Å². The number of rotatable bonds is 3. The van der Waals surface area contributed by atoms with Crippen molar-refractivity contribution in [2.75, 3.05) is 18.4 Å². The first-order chi connectivity index (χ1) is 10.1. The van der Waals surface area contributed by atoms with Crippen molar-refractivity contribution in [2.45, 2.75) is 32.1 Å². The SMILES string of the molecule is O=C(CC(=O)N1CCCCCC1)Nc1ccc(F)c(Cl)c1. The largest absolute Gasteiger partial charge is 0.342 e. The summed E-state index contributed by atoms with van der Waals surface area (Å²) in [5, 5.41) is 2.49. The van der Waals surface area contributed by atoms with Crippen LogP contribution in [-0.2, 0) is 9.59 Å². The maximum absolute atomic E-state index is 13.0. The molecule has 1 aliphatic rings. The third-order valence-corrected chi connectivity index (χ3v) is 3.76. The Morgan fingerprint density at radius 3 is 2.48 bits per heavy atom. The van der Waals surface area contributed by atoms with E-state index in [1.165, 1.54) is 18.2 Å². The van der Waals surface area contributed by atoms with Gasteiger partial charge in [0.2, 0.25) is 11.8 Å². The standard InChI is InChI=1S/C15H18ClFN2O2/c16-12-9-11(5-6-13(12)17)18-14(20)10-15(21)19-7-3-1-2-4-8-19/h5-6,9H,1-4,7-8,10H2,(H,18,20). The van der Waals surface area contributed by atoms with Crippen LogP contribution in [0.3, 0.4) is 0 Å². The van der Waals surface area contributed by atoms with Gasteiger partial charge in [-0.25, -0.2) is 4.39 Å². The van der Waals surface area contributed by atoms with Gasteiger partial charge in [-0.3, -0.25) is 9.59 Å². The summed E-state index contributed by atoms with van der Waals surface area (Å²) in [6.45, 7) is 1.43. The number of nitrogens with zero attached hydrogens (tertiary/aromatic N) is 1. The number of nitrogens with one attached hydrogen (secondary N) is 1. The Kier molecular flexibility index (Phi) is 5.56. The molecule has 21 heavy (non-hydrogen) atoms. The first-order valence-corrected chi connectivity index (χ1v) is 7.47. The van der Waals surface area contributed by atoms with Crippen LogP contribution < -0.4 is 5.32 Å². The number of hydrogen-bond acceptors (Lipinski definition) is 2. The van der Waals surface area contributed by atoms with E-state index < -0.39 is 11.7 Å². The van der Waals surface area contributed by atoms with Gasteiger partial charge >= 0.3 is 0 Å². The van der Waals surface area contributed by atoms with E-state index in [9.17, 15) is 14.0 Å². The molecule has 0 radical (unpaired) electrons.